The molecule has 1 aromatic carbocycles. The summed E-state index contributed by atoms with van der Waals surface area (Å²) in [4.78, 5) is 0. The Balaban J connectivity index is 2.85. The van der Waals surface area contributed by atoms with Gasteiger partial charge in [0.15, 0.2) is 0 Å². The van der Waals surface area contributed by atoms with Gasteiger partial charge in [-0.15, -0.1) is 0 Å². The van der Waals surface area contributed by atoms with Crippen LogP contribution in [-0.4, -0.2) is 0 Å². The van der Waals surface area contributed by atoms with Crippen LogP contribution in [0.15, 0.2) is 60.9 Å². The van der Waals surface area contributed by atoms with E-state index in [9.17, 15) is 0 Å². The van der Waals surface area contributed by atoms with Crippen LogP contribution in [0.5, 0.6) is 0 Å². The first-order chi connectivity index (χ1) is 8.93. The smallest absolute Gasteiger partial charge is 0.0500 e. The fraction of sp³-hybridized carbons (Fsp3) is 0.125. The maximum Gasteiger partial charge on any atom is 0.0500 e. The Labute approximate surface area is 120 Å². The van der Waals surface area contributed by atoms with Crippen molar-refractivity contribution in [3.8, 4) is 0 Å². The van der Waals surface area contributed by atoms with Gasteiger partial charge in [0, 0.05) is 22.6 Å². The molecule has 3 N–H and O–H groups in total. The van der Waals surface area contributed by atoms with Crippen molar-refractivity contribution in [1.29, 1.82) is 0 Å². The number of nitrogen functional groups attached to an aromatic ring is 1. The molecule has 0 atom stereocenters. The number of hydrogen-bond acceptors (Lipinski definition) is 2. The molecule has 1 rings (SSSR count). The third-order valence-corrected chi connectivity index (χ3v) is 2.91. The van der Waals surface area contributed by atoms with Gasteiger partial charge in [-0.2, -0.15) is 0 Å². The molecule has 0 saturated carbocycles. The molecule has 0 spiro atoms. The molecule has 0 fully saturated rings. The first-order valence-electron chi connectivity index (χ1n) is 5.93. The largest absolute Gasteiger partial charge is 0.399 e. The van der Waals surface area contributed by atoms with Gasteiger partial charge < -0.3 is 11.1 Å². The lowest BCUT2D eigenvalue weighted by atomic mass is 10.1. The minimum absolute atomic E-state index is 0.623. The molecule has 0 amide bonds. The molecule has 1 aromatic rings. The second-order valence-electron chi connectivity index (χ2n) is 4.31. The Morgan fingerprint density at radius 1 is 1.32 bits per heavy atom. The van der Waals surface area contributed by atoms with E-state index in [1.165, 1.54) is 0 Å². The van der Waals surface area contributed by atoms with Crippen LogP contribution in [0.4, 0.5) is 5.69 Å². The molecule has 19 heavy (non-hydrogen) atoms. The molecule has 0 aliphatic rings. The average Bonchev–Trinajstić information content (AvgIpc) is 2.38. The minimum Gasteiger partial charge on any atom is -0.399 e. The fourth-order valence-electron chi connectivity index (χ4n) is 1.45. The maximum absolute atomic E-state index is 6.12. The number of benzene rings is 1. The Morgan fingerprint density at radius 2 is 2.00 bits per heavy atom. The third kappa shape index (κ3) is 4.68. The highest BCUT2D eigenvalue weighted by molar-refractivity contribution is 6.32. The van der Waals surface area contributed by atoms with Crippen molar-refractivity contribution in [3.63, 3.8) is 0 Å². The average molecular weight is 275 g/mol. The fourth-order valence-corrected chi connectivity index (χ4v) is 1.68. The van der Waals surface area contributed by atoms with Crippen LogP contribution in [0.3, 0.4) is 0 Å². The van der Waals surface area contributed by atoms with E-state index in [1.54, 1.807) is 24.3 Å². The number of rotatable bonds is 5. The number of nitrogens with two attached hydrogens (primary N) is 1. The Morgan fingerprint density at radius 3 is 2.63 bits per heavy atom. The second-order valence-corrected chi connectivity index (χ2v) is 4.71. The van der Waals surface area contributed by atoms with Crippen molar-refractivity contribution < 1.29 is 0 Å². The van der Waals surface area contributed by atoms with Crippen molar-refractivity contribution in [2.75, 3.05) is 5.73 Å². The van der Waals surface area contributed by atoms with E-state index in [0.717, 1.165) is 22.5 Å². The van der Waals surface area contributed by atoms with E-state index in [0.29, 0.717) is 10.7 Å². The third-order valence-electron chi connectivity index (χ3n) is 2.58. The van der Waals surface area contributed by atoms with Gasteiger partial charge in [-0.25, -0.2) is 0 Å². The molecule has 3 heteroatoms. The number of nitrogens with one attached hydrogen (secondary N) is 1. The number of anilines is 1. The molecule has 0 heterocycles. The van der Waals surface area contributed by atoms with Gasteiger partial charge >= 0.3 is 0 Å². The zero-order valence-electron chi connectivity index (χ0n) is 11.3. The molecule has 0 bridgehead atoms. The summed E-state index contributed by atoms with van der Waals surface area (Å²) in [6.07, 6.45) is 5.74. The number of halogens is 1. The molecule has 100 valence electrons. The highest BCUT2D eigenvalue weighted by Crippen LogP contribution is 2.24. The van der Waals surface area contributed by atoms with E-state index in [1.807, 2.05) is 26.0 Å². The minimum atomic E-state index is 0.623. The van der Waals surface area contributed by atoms with Gasteiger partial charge in [0.25, 0.3) is 0 Å². The molecule has 0 saturated heterocycles. The van der Waals surface area contributed by atoms with Crippen LogP contribution in [-0.2, 0) is 0 Å². The van der Waals surface area contributed by atoms with Crippen molar-refractivity contribution in [2.24, 2.45) is 0 Å². The zero-order chi connectivity index (χ0) is 14.4. The van der Waals surface area contributed by atoms with Crippen LogP contribution in [0, 0.1) is 0 Å². The van der Waals surface area contributed by atoms with Gasteiger partial charge in [-0.1, -0.05) is 42.5 Å². The van der Waals surface area contributed by atoms with E-state index in [2.05, 4.69) is 18.5 Å². The quantitative estimate of drug-likeness (QED) is 0.612. The van der Waals surface area contributed by atoms with Crippen LogP contribution in [0.2, 0.25) is 5.02 Å². The van der Waals surface area contributed by atoms with Crippen molar-refractivity contribution >= 4 is 23.0 Å². The summed E-state index contributed by atoms with van der Waals surface area (Å²) < 4.78 is 0. The van der Waals surface area contributed by atoms with Gasteiger partial charge in [0.05, 0.1) is 5.02 Å². The Kier molecular flexibility index (Phi) is 5.46. The normalized spacial score (nSPS) is 12.2. The number of allylic oxidation sites excluding steroid dienone is 5. The van der Waals surface area contributed by atoms with Gasteiger partial charge in [-0.05, 0) is 38.1 Å². The first kappa shape index (κ1) is 15.1. The Hall–Kier alpha value is -1.93. The summed E-state index contributed by atoms with van der Waals surface area (Å²) in [6.45, 7) is 11.6. The van der Waals surface area contributed by atoms with E-state index >= 15 is 0 Å². The van der Waals surface area contributed by atoms with E-state index in [-0.39, 0.29) is 0 Å². The summed E-state index contributed by atoms with van der Waals surface area (Å²) in [5.41, 5.74) is 9.99. The predicted molar refractivity (Wildman–Crippen MR) is 85.7 cm³/mol. The lowest BCUT2D eigenvalue weighted by Crippen LogP contribution is -2.09. The standard InChI is InChI=1S/C16H19ClN2/c1-5-11(2)6-7-12(3)19-13(4)15-10-14(18)8-9-16(15)17/h5-10,19H,1,4,18H2,2-3H3/b11-6-,12-7+. The molecule has 0 unspecified atom stereocenters. The highest BCUT2D eigenvalue weighted by atomic mass is 35.5. The molecule has 0 aromatic heterocycles. The highest BCUT2D eigenvalue weighted by Gasteiger charge is 2.05. The zero-order valence-corrected chi connectivity index (χ0v) is 12.1. The van der Waals surface area contributed by atoms with E-state index in [4.69, 9.17) is 17.3 Å². The predicted octanol–water partition coefficient (Wildman–Crippen LogP) is 4.52. The van der Waals surface area contributed by atoms with E-state index < -0.39 is 0 Å². The molecule has 0 radical (unpaired) electrons. The SMILES string of the molecule is C=C/C(C)=C\C=C(/C)NC(=C)c1cc(N)ccc1Cl. The molecule has 0 aliphatic heterocycles. The second kappa shape index (κ2) is 6.86. The maximum atomic E-state index is 6.12. The molecule has 0 aliphatic carbocycles. The monoisotopic (exact) mass is 274 g/mol. The van der Waals surface area contributed by atoms with Crippen LogP contribution < -0.4 is 11.1 Å². The van der Waals surface area contributed by atoms with Crippen LogP contribution >= 0.6 is 11.6 Å². The Bertz CT molecular complexity index is 554. The molecular formula is C16H19ClN2. The first-order valence-corrected chi connectivity index (χ1v) is 6.30. The number of hydrogen-bond donors (Lipinski definition) is 2. The van der Waals surface area contributed by atoms with Gasteiger partial charge in [-0.3, -0.25) is 0 Å². The van der Waals surface area contributed by atoms with Crippen molar-refractivity contribution in [2.45, 2.75) is 13.8 Å². The summed E-state index contributed by atoms with van der Waals surface area (Å²) in [7, 11) is 0. The lowest BCUT2D eigenvalue weighted by molar-refractivity contribution is 1.08. The van der Waals surface area contributed by atoms with Crippen LogP contribution in [0.25, 0.3) is 5.70 Å². The summed E-state index contributed by atoms with van der Waals surface area (Å²) >= 11 is 6.12. The van der Waals surface area contributed by atoms with Crippen LogP contribution in [0.1, 0.15) is 19.4 Å². The van der Waals surface area contributed by atoms with Crippen molar-refractivity contribution in [1.82, 2.24) is 5.32 Å². The topological polar surface area (TPSA) is 38.0 Å². The molecule has 2 nitrogen and oxygen atoms in total. The van der Waals surface area contributed by atoms with Gasteiger partial charge in [0.2, 0.25) is 0 Å². The summed E-state index contributed by atoms with van der Waals surface area (Å²) in [5, 5.41) is 3.81. The summed E-state index contributed by atoms with van der Waals surface area (Å²) in [5.74, 6) is 0. The molecular weight excluding hydrogens is 256 g/mol. The van der Waals surface area contributed by atoms with Gasteiger partial charge in [0.1, 0.15) is 0 Å². The summed E-state index contributed by atoms with van der Waals surface area (Å²) in [6, 6.07) is 5.33. The van der Waals surface area contributed by atoms with Crippen molar-refractivity contribution in [3.05, 3.63) is 71.4 Å². The lowest BCUT2D eigenvalue weighted by Gasteiger charge is -2.12.